The third kappa shape index (κ3) is 3.93. The number of fused-ring (bicyclic) bond motifs is 1. The van der Waals surface area contributed by atoms with E-state index in [1.54, 1.807) is 24.8 Å². The molecule has 29 heavy (non-hydrogen) atoms. The second-order valence-corrected chi connectivity index (χ2v) is 7.35. The normalized spacial score (nSPS) is 11.0. The molecule has 2 aromatic carbocycles. The summed E-state index contributed by atoms with van der Waals surface area (Å²) in [4.78, 5) is 30.7. The first-order valence-corrected chi connectivity index (χ1v) is 10.2. The Morgan fingerprint density at radius 2 is 1.90 bits per heavy atom. The summed E-state index contributed by atoms with van der Waals surface area (Å²) in [6.45, 7) is 1.57. The van der Waals surface area contributed by atoms with Crippen molar-refractivity contribution < 1.29 is 4.79 Å². The van der Waals surface area contributed by atoms with E-state index in [0.717, 1.165) is 20.8 Å². The molecule has 0 saturated heterocycles. The highest BCUT2D eigenvalue weighted by Crippen LogP contribution is 2.19. The molecule has 4 rings (SSSR count). The zero-order valence-electron chi connectivity index (χ0n) is 16.0. The van der Waals surface area contributed by atoms with Gasteiger partial charge < -0.3 is 5.32 Å². The Hall–Kier alpha value is -3.39. The van der Waals surface area contributed by atoms with Crippen molar-refractivity contribution in [1.82, 2.24) is 19.2 Å². The second kappa shape index (κ2) is 7.92. The summed E-state index contributed by atoms with van der Waals surface area (Å²) in [6, 6.07) is 19.0. The molecule has 0 saturated carbocycles. The molecule has 146 valence electrons. The van der Waals surface area contributed by atoms with Crippen LogP contribution in [0, 0.1) is 6.92 Å². The lowest BCUT2D eigenvalue weighted by Crippen LogP contribution is -2.28. The van der Waals surface area contributed by atoms with Crippen molar-refractivity contribution in [2.24, 2.45) is 0 Å². The number of thioether (sulfide) groups is 1. The highest BCUT2D eigenvalue weighted by Gasteiger charge is 2.15. The van der Waals surface area contributed by atoms with Crippen LogP contribution in [0.2, 0.25) is 0 Å². The van der Waals surface area contributed by atoms with Gasteiger partial charge >= 0.3 is 5.69 Å². The van der Waals surface area contributed by atoms with Crippen LogP contribution < -0.4 is 11.0 Å². The van der Waals surface area contributed by atoms with Crippen molar-refractivity contribution in [2.75, 3.05) is 11.6 Å². The van der Waals surface area contributed by atoms with Gasteiger partial charge in [-0.3, -0.25) is 4.79 Å². The molecule has 0 aliphatic rings. The molecule has 1 amide bonds. The number of carbonyl (C=O) groups is 1. The van der Waals surface area contributed by atoms with Crippen molar-refractivity contribution in [3.8, 4) is 11.3 Å². The minimum atomic E-state index is -0.391. The van der Waals surface area contributed by atoms with Crippen LogP contribution in [0.1, 0.15) is 5.82 Å². The number of hydrogen-bond acceptors (Lipinski definition) is 5. The van der Waals surface area contributed by atoms with Crippen LogP contribution >= 0.6 is 11.8 Å². The van der Waals surface area contributed by atoms with Gasteiger partial charge in [0.15, 0.2) is 5.65 Å². The monoisotopic (exact) mass is 405 g/mol. The predicted octanol–water partition coefficient (Wildman–Crippen LogP) is 3.23. The molecule has 0 radical (unpaired) electrons. The van der Waals surface area contributed by atoms with Gasteiger partial charge in [0, 0.05) is 22.2 Å². The Kier molecular flexibility index (Phi) is 5.18. The number of hydrogen-bond donors (Lipinski definition) is 1. The molecule has 0 atom stereocenters. The van der Waals surface area contributed by atoms with Gasteiger partial charge in [-0.05, 0) is 31.4 Å². The number of benzene rings is 2. The molecule has 0 spiro atoms. The molecule has 0 aliphatic heterocycles. The van der Waals surface area contributed by atoms with E-state index < -0.39 is 5.69 Å². The minimum absolute atomic E-state index is 0.176. The SMILES string of the molecule is CSc1cccc(NC(=O)Cn2nc3cc(-c4ccccc4)nc(C)n3c2=O)c1. The number of carbonyl (C=O) groups excluding carboxylic acids is 1. The first kappa shape index (κ1) is 18.9. The maximum atomic E-state index is 12.7. The van der Waals surface area contributed by atoms with E-state index in [-0.39, 0.29) is 12.5 Å². The molecule has 0 fully saturated rings. The molecule has 0 unspecified atom stereocenters. The van der Waals surface area contributed by atoms with Gasteiger partial charge in [-0.15, -0.1) is 16.9 Å². The van der Waals surface area contributed by atoms with Crippen molar-refractivity contribution in [3.63, 3.8) is 0 Å². The van der Waals surface area contributed by atoms with E-state index >= 15 is 0 Å². The van der Waals surface area contributed by atoms with Crippen molar-refractivity contribution in [1.29, 1.82) is 0 Å². The summed E-state index contributed by atoms with van der Waals surface area (Å²) >= 11 is 1.59. The summed E-state index contributed by atoms with van der Waals surface area (Å²) in [6.07, 6.45) is 1.97. The second-order valence-electron chi connectivity index (χ2n) is 6.47. The topological polar surface area (TPSA) is 81.3 Å². The van der Waals surface area contributed by atoms with Crippen molar-refractivity contribution in [2.45, 2.75) is 18.4 Å². The first-order chi connectivity index (χ1) is 14.0. The Bertz CT molecular complexity index is 1250. The average Bonchev–Trinajstić information content (AvgIpc) is 3.04. The molecule has 2 aromatic heterocycles. The molecule has 0 bridgehead atoms. The third-order valence-electron chi connectivity index (χ3n) is 4.45. The van der Waals surface area contributed by atoms with E-state index in [0.29, 0.717) is 17.2 Å². The fourth-order valence-electron chi connectivity index (χ4n) is 3.10. The fourth-order valence-corrected chi connectivity index (χ4v) is 3.56. The van der Waals surface area contributed by atoms with Gasteiger partial charge in [-0.25, -0.2) is 18.9 Å². The molecule has 8 heteroatoms. The molecule has 4 aromatic rings. The van der Waals surface area contributed by atoms with Gasteiger partial charge in [0.05, 0.1) is 5.69 Å². The Morgan fingerprint density at radius 3 is 2.66 bits per heavy atom. The molecular weight excluding hydrogens is 386 g/mol. The van der Waals surface area contributed by atoms with Gasteiger partial charge in [-0.2, -0.15) is 0 Å². The minimum Gasteiger partial charge on any atom is -0.324 e. The van der Waals surface area contributed by atoms with Crippen LogP contribution in [0.4, 0.5) is 5.69 Å². The lowest BCUT2D eigenvalue weighted by Gasteiger charge is -2.06. The summed E-state index contributed by atoms with van der Waals surface area (Å²) in [5, 5.41) is 7.15. The number of aryl methyl sites for hydroxylation is 1. The van der Waals surface area contributed by atoms with Crippen LogP contribution in [0.25, 0.3) is 16.9 Å². The van der Waals surface area contributed by atoms with Gasteiger partial charge in [0.1, 0.15) is 12.4 Å². The molecule has 7 nitrogen and oxygen atoms in total. The van der Waals surface area contributed by atoms with E-state index in [1.807, 2.05) is 60.9 Å². The lowest BCUT2D eigenvalue weighted by molar-refractivity contribution is -0.117. The molecule has 2 heterocycles. The number of nitrogens with zero attached hydrogens (tertiary/aromatic N) is 4. The van der Waals surface area contributed by atoms with Gasteiger partial charge in [0.25, 0.3) is 0 Å². The quantitative estimate of drug-likeness (QED) is 0.516. The van der Waals surface area contributed by atoms with Crippen molar-refractivity contribution >= 4 is 29.0 Å². The van der Waals surface area contributed by atoms with E-state index in [9.17, 15) is 9.59 Å². The smallest absolute Gasteiger partial charge is 0.324 e. The standard InChI is InChI=1S/C21H19N5O2S/c1-14-22-18(15-7-4-3-5-8-15)12-19-24-25(21(28)26(14)19)13-20(27)23-16-9-6-10-17(11-16)29-2/h3-12H,13H2,1-2H3,(H,23,27). The summed E-state index contributed by atoms with van der Waals surface area (Å²) in [5.41, 5.74) is 2.41. The summed E-state index contributed by atoms with van der Waals surface area (Å²) in [7, 11) is 0. The van der Waals surface area contributed by atoms with Crippen LogP contribution in [-0.2, 0) is 11.3 Å². The fraction of sp³-hybridized carbons (Fsp3) is 0.143. The van der Waals surface area contributed by atoms with E-state index in [2.05, 4.69) is 15.4 Å². The largest absolute Gasteiger partial charge is 0.352 e. The van der Waals surface area contributed by atoms with Crippen LogP contribution in [0.5, 0.6) is 0 Å². The number of rotatable bonds is 5. The zero-order chi connectivity index (χ0) is 20.4. The summed E-state index contributed by atoms with van der Waals surface area (Å²) < 4.78 is 2.57. The third-order valence-corrected chi connectivity index (χ3v) is 5.18. The Balaban J connectivity index is 1.62. The van der Waals surface area contributed by atoms with Gasteiger partial charge in [-0.1, -0.05) is 36.4 Å². The summed E-state index contributed by atoms with van der Waals surface area (Å²) in [5.74, 6) is 0.202. The van der Waals surface area contributed by atoms with Crippen molar-refractivity contribution in [3.05, 3.63) is 77.0 Å². The number of aromatic nitrogens is 4. The number of nitrogens with one attached hydrogen (secondary N) is 1. The molecule has 0 aliphatic carbocycles. The highest BCUT2D eigenvalue weighted by molar-refractivity contribution is 7.98. The Morgan fingerprint density at radius 1 is 1.10 bits per heavy atom. The number of amides is 1. The molecular formula is C21H19N5O2S. The van der Waals surface area contributed by atoms with Crippen LogP contribution in [-0.4, -0.2) is 31.3 Å². The zero-order valence-corrected chi connectivity index (χ0v) is 16.8. The average molecular weight is 405 g/mol. The van der Waals surface area contributed by atoms with Crippen LogP contribution in [0.15, 0.2) is 70.4 Å². The molecule has 1 N–H and O–H groups in total. The first-order valence-electron chi connectivity index (χ1n) is 9.02. The Labute approximate surface area is 171 Å². The highest BCUT2D eigenvalue weighted by atomic mass is 32.2. The maximum Gasteiger partial charge on any atom is 0.352 e. The number of anilines is 1. The van der Waals surface area contributed by atoms with E-state index in [4.69, 9.17) is 0 Å². The lowest BCUT2D eigenvalue weighted by atomic mass is 10.1. The van der Waals surface area contributed by atoms with Crippen LogP contribution in [0.3, 0.4) is 0 Å². The van der Waals surface area contributed by atoms with E-state index in [1.165, 1.54) is 4.40 Å². The van der Waals surface area contributed by atoms with Gasteiger partial charge in [0.2, 0.25) is 5.91 Å². The maximum absolute atomic E-state index is 12.7. The predicted molar refractivity (Wildman–Crippen MR) is 114 cm³/mol.